The highest BCUT2D eigenvalue weighted by atomic mass is 79.9. The third-order valence-corrected chi connectivity index (χ3v) is 10.7. The summed E-state index contributed by atoms with van der Waals surface area (Å²) in [7, 11) is 0. The molecule has 0 radical (unpaired) electrons. The summed E-state index contributed by atoms with van der Waals surface area (Å²) in [5, 5.41) is 10.0. The zero-order valence-electron chi connectivity index (χ0n) is 20.3. The molecule has 4 unspecified atom stereocenters. The molecule has 3 rings (SSSR count). The van der Waals surface area contributed by atoms with Gasteiger partial charge in [-0.05, 0) is 26.2 Å². The van der Waals surface area contributed by atoms with Gasteiger partial charge in [-0.25, -0.2) is 0 Å². The molecule has 1 N–H and O–H groups in total. The van der Waals surface area contributed by atoms with Crippen molar-refractivity contribution >= 4 is 45.5 Å². The van der Waals surface area contributed by atoms with Crippen molar-refractivity contribution in [3.05, 3.63) is 25.3 Å². The molecule has 8 atom stereocenters. The minimum atomic E-state index is -0.756. The van der Waals surface area contributed by atoms with E-state index in [0.717, 1.165) is 12.8 Å². The summed E-state index contributed by atoms with van der Waals surface area (Å²) in [6, 6.07) is -1.27. The van der Waals surface area contributed by atoms with Crippen LogP contribution in [0.2, 0.25) is 0 Å². The van der Waals surface area contributed by atoms with E-state index in [0.29, 0.717) is 19.4 Å². The number of ether oxygens (including phenoxy) is 1. The van der Waals surface area contributed by atoms with Gasteiger partial charge in [-0.3, -0.25) is 14.4 Å². The third-order valence-electron chi connectivity index (χ3n) is 7.50. The lowest BCUT2D eigenvalue weighted by atomic mass is 9.71. The van der Waals surface area contributed by atoms with E-state index in [2.05, 4.69) is 36.0 Å². The first-order chi connectivity index (χ1) is 16.2. The standard InChI is InChI=1S/C25H37BrN2O5S/c1-6-10-15(5)27(11-7-2)23(31)21-25-13-17(26)20(34-25)18(24(32)33-12-8-3)19(25)22(30)28(21)16(9-4)14-29/h7-8,15-21,29H,2-3,6,9-14H2,1,4-5H3/t15?,16-,17?,18-,19-,20-,21?,25?/m0/s1. The fraction of sp³-hybridized carbons (Fsp3) is 0.720. The average molecular weight is 558 g/mol. The Bertz CT molecular complexity index is 821. The highest BCUT2D eigenvalue weighted by Crippen LogP contribution is 2.68. The third kappa shape index (κ3) is 4.37. The van der Waals surface area contributed by atoms with E-state index in [9.17, 15) is 19.5 Å². The Morgan fingerprint density at radius 3 is 2.65 bits per heavy atom. The monoisotopic (exact) mass is 556 g/mol. The number of alkyl halides is 1. The molecule has 190 valence electrons. The molecule has 3 saturated heterocycles. The topological polar surface area (TPSA) is 87.1 Å². The number of hydrogen-bond acceptors (Lipinski definition) is 6. The summed E-state index contributed by atoms with van der Waals surface area (Å²) in [4.78, 5) is 44.8. The predicted molar refractivity (Wildman–Crippen MR) is 138 cm³/mol. The van der Waals surface area contributed by atoms with Gasteiger partial charge in [0.1, 0.15) is 12.6 Å². The quantitative estimate of drug-likeness (QED) is 0.226. The molecular formula is C25H37BrN2O5S. The maximum atomic E-state index is 14.3. The van der Waals surface area contributed by atoms with Crippen LogP contribution in [0.4, 0.5) is 0 Å². The van der Waals surface area contributed by atoms with Gasteiger partial charge in [-0.15, -0.1) is 18.3 Å². The van der Waals surface area contributed by atoms with Crippen molar-refractivity contribution < 1.29 is 24.2 Å². The fourth-order valence-corrected chi connectivity index (χ4v) is 9.60. The molecule has 34 heavy (non-hydrogen) atoms. The largest absolute Gasteiger partial charge is 0.461 e. The van der Waals surface area contributed by atoms with Crippen LogP contribution in [0.1, 0.15) is 46.5 Å². The second-order valence-electron chi connectivity index (χ2n) is 9.49. The highest BCUT2D eigenvalue weighted by molar-refractivity contribution is 9.09. The number of esters is 1. The van der Waals surface area contributed by atoms with Gasteiger partial charge in [0.25, 0.3) is 0 Å². The van der Waals surface area contributed by atoms with Crippen LogP contribution in [-0.2, 0) is 19.1 Å². The molecule has 3 aliphatic rings. The molecule has 2 amide bonds. The summed E-state index contributed by atoms with van der Waals surface area (Å²) >= 11 is 5.32. The van der Waals surface area contributed by atoms with Crippen LogP contribution in [0.15, 0.2) is 25.3 Å². The lowest BCUT2D eigenvalue weighted by Gasteiger charge is -2.41. The molecule has 9 heteroatoms. The Labute approximate surface area is 215 Å². The number of aliphatic hydroxyl groups is 1. The van der Waals surface area contributed by atoms with E-state index in [1.54, 1.807) is 22.7 Å². The van der Waals surface area contributed by atoms with Crippen LogP contribution < -0.4 is 0 Å². The molecule has 2 bridgehead atoms. The first-order valence-electron chi connectivity index (χ1n) is 12.2. The Hall–Kier alpha value is -1.32. The second kappa shape index (κ2) is 11.2. The SMILES string of the molecule is C=CCOC(=O)[C@H]1[C@H]2C(=O)N([C@@H](CC)CO)C(C(=O)N(CC=C)C(C)CCC)C23CC(Br)[C@@H]1S3. The number of hydrogen-bond donors (Lipinski definition) is 1. The minimum absolute atomic E-state index is 0.0196. The Morgan fingerprint density at radius 2 is 2.09 bits per heavy atom. The number of halogens is 1. The highest BCUT2D eigenvalue weighted by Gasteiger charge is 2.76. The van der Waals surface area contributed by atoms with Crippen molar-refractivity contribution in [2.45, 2.75) is 79.4 Å². The maximum absolute atomic E-state index is 14.3. The van der Waals surface area contributed by atoms with Crippen LogP contribution in [0, 0.1) is 11.8 Å². The van der Waals surface area contributed by atoms with E-state index < -0.39 is 34.6 Å². The normalized spacial score (nSPS) is 33.4. The van der Waals surface area contributed by atoms with Gasteiger partial charge >= 0.3 is 5.97 Å². The van der Waals surface area contributed by atoms with Crippen molar-refractivity contribution in [1.82, 2.24) is 9.80 Å². The predicted octanol–water partition coefficient (Wildman–Crippen LogP) is 3.15. The number of likely N-dealkylation sites (tertiary alicyclic amines) is 1. The van der Waals surface area contributed by atoms with E-state index in [1.807, 2.05) is 18.7 Å². The van der Waals surface area contributed by atoms with E-state index in [4.69, 9.17) is 4.74 Å². The number of nitrogens with zero attached hydrogens (tertiary/aromatic N) is 2. The molecule has 0 saturated carbocycles. The minimum Gasteiger partial charge on any atom is -0.461 e. The smallest absolute Gasteiger partial charge is 0.311 e. The van der Waals surface area contributed by atoms with Crippen LogP contribution in [-0.4, -0.2) is 85.4 Å². The number of fused-ring (bicyclic) bond motifs is 1. The molecule has 3 heterocycles. The van der Waals surface area contributed by atoms with Gasteiger partial charge in [0.05, 0.1) is 29.2 Å². The summed E-state index contributed by atoms with van der Waals surface area (Å²) < 4.78 is 4.66. The molecule has 0 aliphatic carbocycles. The van der Waals surface area contributed by atoms with Gasteiger partial charge in [-0.1, -0.05) is 54.9 Å². The van der Waals surface area contributed by atoms with E-state index >= 15 is 0 Å². The Balaban J connectivity index is 2.10. The summed E-state index contributed by atoms with van der Waals surface area (Å²) in [6.45, 7) is 13.7. The molecule has 7 nitrogen and oxygen atoms in total. The first kappa shape index (κ1) is 27.3. The second-order valence-corrected chi connectivity index (χ2v) is 12.2. The first-order valence-corrected chi connectivity index (χ1v) is 14.0. The average Bonchev–Trinajstić information content (AvgIpc) is 3.40. The molecule has 0 aromatic heterocycles. The number of carbonyl (C=O) groups is 3. The van der Waals surface area contributed by atoms with Crippen molar-refractivity contribution in [2.75, 3.05) is 19.8 Å². The van der Waals surface area contributed by atoms with Crippen LogP contribution in [0.5, 0.6) is 0 Å². The lowest BCUT2D eigenvalue weighted by molar-refractivity contribution is -0.153. The van der Waals surface area contributed by atoms with E-state index in [-0.39, 0.29) is 41.1 Å². The number of amides is 2. The number of carbonyl (C=O) groups excluding carboxylic acids is 3. The summed E-state index contributed by atoms with van der Waals surface area (Å²) in [5.74, 6) is -2.08. The van der Waals surface area contributed by atoms with Crippen molar-refractivity contribution in [3.8, 4) is 0 Å². The van der Waals surface area contributed by atoms with Gasteiger partial charge in [0.15, 0.2) is 0 Å². The molecule has 1 spiro atoms. The molecule has 0 aromatic carbocycles. The zero-order valence-corrected chi connectivity index (χ0v) is 22.7. The van der Waals surface area contributed by atoms with Crippen molar-refractivity contribution in [1.29, 1.82) is 0 Å². The zero-order chi connectivity index (χ0) is 25.2. The number of aliphatic hydroxyl groups excluding tert-OH is 1. The van der Waals surface area contributed by atoms with Gasteiger partial charge < -0.3 is 19.6 Å². The number of rotatable bonds is 12. The van der Waals surface area contributed by atoms with Gasteiger partial charge in [0, 0.05) is 22.7 Å². The van der Waals surface area contributed by atoms with E-state index in [1.165, 1.54) is 6.08 Å². The molecule has 3 fully saturated rings. The number of thioether (sulfide) groups is 1. The van der Waals surface area contributed by atoms with Crippen molar-refractivity contribution in [2.24, 2.45) is 11.8 Å². The Kier molecular flexibility index (Phi) is 8.96. The molecule has 3 aliphatic heterocycles. The van der Waals surface area contributed by atoms with Crippen LogP contribution in [0.25, 0.3) is 0 Å². The maximum Gasteiger partial charge on any atom is 0.311 e. The van der Waals surface area contributed by atoms with Crippen molar-refractivity contribution in [3.63, 3.8) is 0 Å². The lowest BCUT2D eigenvalue weighted by Crippen LogP contribution is -2.59. The summed E-state index contributed by atoms with van der Waals surface area (Å²) in [6.07, 6.45) is 6.10. The van der Waals surface area contributed by atoms with Crippen LogP contribution in [0.3, 0.4) is 0 Å². The summed E-state index contributed by atoms with van der Waals surface area (Å²) in [5.41, 5.74) is 0. The van der Waals surface area contributed by atoms with Crippen LogP contribution >= 0.6 is 27.7 Å². The Morgan fingerprint density at radius 1 is 1.38 bits per heavy atom. The molecule has 0 aromatic rings. The van der Waals surface area contributed by atoms with Gasteiger partial charge in [-0.2, -0.15) is 0 Å². The van der Waals surface area contributed by atoms with Gasteiger partial charge in [0.2, 0.25) is 11.8 Å². The molecular weight excluding hydrogens is 520 g/mol. The fourth-order valence-electron chi connectivity index (χ4n) is 6.02.